The first-order valence-corrected chi connectivity index (χ1v) is 10.5. The van der Waals surface area contributed by atoms with Crippen molar-refractivity contribution in [1.29, 1.82) is 0 Å². The summed E-state index contributed by atoms with van der Waals surface area (Å²) in [6, 6.07) is 0. The van der Waals surface area contributed by atoms with Crippen molar-refractivity contribution in [1.82, 2.24) is 9.80 Å². The van der Waals surface area contributed by atoms with Gasteiger partial charge in [0.2, 0.25) is 0 Å². The zero-order valence-electron chi connectivity index (χ0n) is 11.1. The monoisotopic (exact) mass is 320 g/mol. The van der Waals surface area contributed by atoms with Crippen molar-refractivity contribution >= 4 is 21.1 Å². The maximum absolute atomic E-state index is 2.55. The van der Waals surface area contributed by atoms with Gasteiger partial charge in [0, 0.05) is 0 Å². The minimum atomic E-state index is -0.0585. The molecule has 0 aromatic carbocycles. The molecule has 0 atom stereocenters. The molecule has 0 aliphatic rings. The number of hydrogen-bond acceptors (Lipinski definition) is 2. The van der Waals surface area contributed by atoms with Crippen molar-refractivity contribution in [3.05, 3.63) is 0 Å². The molecule has 0 fully saturated rings. The summed E-state index contributed by atoms with van der Waals surface area (Å²) in [6.45, 7) is 16.7. The molecule has 2 radical (unpaired) electrons. The SMILES string of the molecule is CCN(CC)C[CH2][Sn][CH2]CN(CC)CC. The van der Waals surface area contributed by atoms with Crippen LogP contribution >= 0.6 is 0 Å². The van der Waals surface area contributed by atoms with Gasteiger partial charge in [0.15, 0.2) is 0 Å². The summed E-state index contributed by atoms with van der Waals surface area (Å²) >= 11 is -0.0585. The van der Waals surface area contributed by atoms with Crippen molar-refractivity contribution in [2.24, 2.45) is 0 Å². The van der Waals surface area contributed by atoms with E-state index in [-0.39, 0.29) is 21.1 Å². The molecule has 0 spiro atoms. The van der Waals surface area contributed by atoms with Gasteiger partial charge < -0.3 is 0 Å². The van der Waals surface area contributed by atoms with Crippen molar-refractivity contribution < 1.29 is 0 Å². The fourth-order valence-electron chi connectivity index (χ4n) is 1.68. The molecule has 3 heteroatoms. The van der Waals surface area contributed by atoms with Gasteiger partial charge in [-0.3, -0.25) is 0 Å². The Balaban J connectivity index is 3.30. The zero-order chi connectivity index (χ0) is 11.5. The molecule has 0 heterocycles. The van der Waals surface area contributed by atoms with Gasteiger partial charge in [-0.2, -0.15) is 0 Å². The normalized spacial score (nSPS) is 11.6. The van der Waals surface area contributed by atoms with Crippen LogP contribution in [0.5, 0.6) is 0 Å². The van der Waals surface area contributed by atoms with E-state index in [4.69, 9.17) is 0 Å². The molecule has 0 bridgehead atoms. The van der Waals surface area contributed by atoms with E-state index in [1.54, 1.807) is 0 Å². The van der Waals surface area contributed by atoms with Crippen LogP contribution in [-0.2, 0) is 0 Å². The van der Waals surface area contributed by atoms with Crippen molar-refractivity contribution in [3.8, 4) is 0 Å². The first kappa shape index (κ1) is 15.7. The van der Waals surface area contributed by atoms with Crippen molar-refractivity contribution in [2.75, 3.05) is 39.3 Å². The molecule has 0 aliphatic heterocycles. The Morgan fingerprint density at radius 1 is 0.667 bits per heavy atom. The maximum atomic E-state index is 2.55. The van der Waals surface area contributed by atoms with Crippen molar-refractivity contribution in [2.45, 2.75) is 36.6 Å². The number of hydrogen-bond donors (Lipinski definition) is 0. The molecule has 0 saturated heterocycles. The van der Waals surface area contributed by atoms with Gasteiger partial charge in [-0.15, -0.1) is 0 Å². The predicted octanol–water partition coefficient (Wildman–Crippen LogP) is 2.21. The molecule has 0 saturated carbocycles. The fourth-order valence-corrected chi connectivity index (χ4v) is 5.10. The van der Waals surface area contributed by atoms with E-state index >= 15 is 0 Å². The van der Waals surface area contributed by atoms with E-state index in [0.717, 1.165) is 0 Å². The van der Waals surface area contributed by atoms with Crippen LogP contribution in [0.3, 0.4) is 0 Å². The number of nitrogens with zero attached hydrogens (tertiary/aromatic N) is 2. The van der Waals surface area contributed by atoms with Gasteiger partial charge in [0.1, 0.15) is 0 Å². The van der Waals surface area contributed by atoms with Gasteiger partial charge in [-0.1, -0.05) is 0 Å². The van der Waals surface area contributed by atoms with E-state index in [0.29, 0.717) is 0 Å². The summed E-state index contributed by atoms with van der Waals surface area (Å²) in [6.07, 6.45) is 0. The molecule has 15 heavy (non-hydrogen) atoms. The van der Waals surface area contributed by atoms with Gasteiger partial charge in [-0.05, 0) is 0 Å². The van der Waals surface area contributed by atoms with Crippen LogP contribution in [0.15, 0.2) is 0 Å². The predicted molar refractivity (Wildman–Crippen MR) is 70.9 cm³/mol. The van der Waals surface area contributed by atoms with E-state index in [2.05, 4.69) is 37.5 Å². The van der Waals surface area contributed by atoms with Crippen LogP contribution in [0.2, 0.25) is 8.87 Å². The molecule has 2 nitrogen and oxygen atoms in total. The van der Waals surface area contributed by atoms with Crippen LogP contribution in [0.4, 0.5) is 0 Å². The van der Waals surface area contributed by atoms with Crippen LogP contribution < -0.4 is 0 Å². The molecule has 0 N–H and O–H groups in total. The Bertz CT molecular complexity index is 109. The van der Waals surface area contributed by atoms with Crippen LogP contribution in [-0.4, -0.2) is 70.2 Å². The first-order valence-electron chi connectivity index (χ1n) is 6.43. The fraction of sp³-hybridized carbons (Fsp3) is 1.00. The topological polar surface area (TPSA) is 6.48 Å². The van der Waals surface area contributed by atoms with Crippen LogP contribution in [0.25, 0.3) is 0 Å². The average Bonchev–Trinajstić information content (AvgIpc) is 2.29. The minimum absolute atomic E-state index is 0.0585. The van der Waals surface area contributed by atoms with Gasteiger partial charge in [0.05, 0.1) is 0 Å². The standard InChI is InChI=1S/2C6H14N.Sn/c2*1-4-7(5-2)6-3;/h2*1,4-6H2,2-3H3;. The van der Waals surface area contributed by atoms with E-state index < -0.39 is 0 Å². The van der Waals surface area contributed by atoms with Crippen LogP contribution in [0.1, 0.15) is 27.7 Å². The van der Waals surface area contributed by atoms with Gasteiger partial charge >= 0.3 is 107 Å². The Morgan fingerprint density at radius 3 is 1.27 bits per heavy atom. The van der Waals surface area contributed by atoms with E-state index in [9.17, 15) is 0 Å². The molecule has 0 unspecified atom stereocenters. The van der Waals surface area contributed by atoms with E-state index in [1.165, 1.54) is 48.1 Å². The summed E-state index contributed by atoms with van der Waals surface area (Å²) in [5.74, 6) is 0. The summed E-state index contributed by atoms with van der Waals surface area (Å²) in [5.41, 5.74) is 0. The summed E-state index contributed by atoms with van der Waals surface area (Å²) in [4.78, 5) is 5.11. The Kier molecular flexibility index (Phi) is 11.7. The molecule has 0 aliphatic carbocycles. The molecular weight excluding hydrogens is 291 g/mol. The zero-order valence-corrected chi connectivity index (χ0v) is 13.9. The second kappa shape index (κ2) is 11.2. The third-order valence-electron chi connectivity index (χ3n) is 3.00. The Hall–Kier alpha value is 0.719. The molecule has 0 aromatic rings. The molecule has 0 amide bonds. The Morgan fingerprint density at radius 2 is 1.00 bits per heavy atom. The molecule has 0 aromatic heterocycles. The molecule has 90 valence electrons. The third-order valence-corrected chi connectivity index (χ3v) is 6.29. The quantitative estimate of drug-likeness (QED) is 0.450. The molecular formula is C12H28N2Sn. The van der Waals surface area contributed by atoms with E-state index in [1.807, 2.05) is 0 Å². The van der Waals surface area contributed by atoms with Crippen LogP contribution in [0, 0.1) is 0 Å². The summed E-state index contributed by atoms with van der Waals surface area (Å²) in [7, 11) is 0. The summed E-state index contributed by atoms with van der Waals surface area (Å²) < 4.78 is 3.07. The average molecular weight is 319 g/mol. The third kappa shape index (κ3) is 8.52. The second-order valence-corrected chi connectivity index (χ2v) is 8.08. The summed E-state index contributed by atoms with van der Waals surface area (Å²) in [5, 5.41) is 0. The molecule has 0 rings (SSSR count). The van der Waals surface area contributed by atoms with Crippen molar-refractivity contribution in [3.63, 3.8) is 0 Å². The van der Waals surface area contributed by atoms with Gasteiger partial charge in [-0.25, -0.2) is 0 Å². The first-order chi connectivity index (χ1) is 7.28. The number of rotatable bonds is 10. The second-order valence-electron chi connectivity index (χ2n) is 3.80. The van der Waals surface area contributed by atoms with Gasteiger partial charge in [0.25, 0.3) is 0 Å². The Labute approximate surface area is 107 Å².